The highest BCUT2D eigenvalue weighted by Gasteiger charge is 2.08. The summed E-state index contributed by atoms with van der Waals surface area (Å²) >= 11 is 1.70. The molecule has 0 bridgehead atoms. The zero-order chi connectivity index (χ0) is 14.1. The first-order chi connectivity index (χ1) is 9.67. The molecule has 0 aliphatic carbocycles. The van der Waals surface area contributed by atoms with Crippen molar-refractivity contribution in [2.45, 2.75) is 33.7 Å². The molecule has 0 spiro atoms. The number of aryl methyl sites for hydroxylation is 3. The summed E-state index contributed by atoms with van der Waals surface area (Å²) in [6.45, 7) is 6.90. The molecule has 0 atom stereocenters. The van der Waals surface area contributed by atoms with Crippen molar-refractivity contribution in [1.82, 2.24) is 19.4 Å². The SMILES string of the molecule is CCc1cnc(NCc2cnc3nc(C)cc(C)n23)s1. The van der Waals surface area contributed by atoms with Crippen LogP contribution >= 0.6 is 11.3 Å². The molecule has 0 saturated heterocycles. The molecule has 1 N–H and O–H groups in total. The lowest BCUT2D eigenvalue weighted by atomic mass is 10.3. The third-order valence-corrected chi connectivity index (χ3v) is 4.29. The summed E-state index contributed by atoms with van der Waals surface area (Å²) in [6, 6.07) is 2.07. The maximum Gasteiger partial charge on any atom is 0.234 e. The van der Waals surface area contributed by atoms with Crippen LogP contribution < -0.4 is 5.32 Å². The number of fused-ring (bicyclic) bond motifs is 1. The van der Waals surface area contributed by atoms with Crippen molar-refractivity contribution in [1.29, 1.82) is 0 Å². The number of anilines is 1. The van der Waals surface area contributed by atoms with Gasteiger partial charge in [-0.05, 0) is 26.3 Å². The van der Waals surface area contributed by atoms with Crippen LogP contribution in [0.25, 0.3) is 5.78 Å². The van der Waals surface area contributed by atoms with Crippen molar-refractivity contribution in [3.63, 3.8) is 0 Å². The first-order valence-corrected chi connectivity index (χ1v) is 7.48. The van der Waals surface area contributed by atoms with Crippen molar-refractivity contribution in [2.75, 3.05) is 5.32 Å². The molecule has 0 aromatic carbocycles. The Morgan fingerprint density at radius 2 is 2.10 bits per heavy atom. The van der Waals surface area contributed by atoms with E-state index in [-0.39, 0.29) is 0 Å². The second-order valence-electron chi connectivity index (χ2n) is 4.76. The van der Waals surface area contributed by atoms with Gasteiger partial charge < -0.3 is 5.32 Å². The Labute approximate surface area is 121 Å². The summed E-state index contributed by atoms with van der Waals surface area (Å²) in [4.78, 5) is 14.5. The van der Waals surface area contributed by atoms with Crippen molar-refractivity contribution >= 4 is 22.2 Å². The molecule has 104 valence electrons. The van der Waals surface area contributed by atoms with E-state index in [1.54, 1.807) is 11.3 Å². The molecule has 3 aromatic rings. The predicted octanol–water partition coefficient (Wildman–Crippen LogP) is 2.98. The number of aromatic nitrogens is 4. The second-order valence-corrected chi connectivity index (χ2v) is 5.88. The van der Waals surface area contributed by atoms with Gasteiger partial charge in [0, 0.05) is 22.5 Å². The van der Waals surface area contributed by atoms with Crippen LogP contribution in [0.15, 0.2) is 18.5 Å². The van der Waals surface area contributed by atoms with Crippen molar-refractivity contribution < 1.29 is 0 Å². The van der Waals surface area contributed by atoms with Gasteiger partial charge in [0.25, 0.3) is 0 Å². The number of imidazole rings is 1. The first kappa shape index (κ1) is 13.1. The van der Waals surface area contributed by atoms with Crippen LogP contribution in [-0.2, 0) is 13.0 Å². The van der Waals surface area contributed by atoms with Crippen LogP contribution in [0.2, 0.25) is 0 Å². The number of hydrogen-bond donors (Lipinski definition) is 1. The molecule has 0 radical (unpaired) electrons. The van der Waals surface area contributed by atoms with Crippen LogP contribution in [0.1, 0.15) is 28.9 Å². The van der Waals surface area contributed by atoms with E-state index in [0.29, 0.717) is 6.54 Å². The lowest BCUT2D eigenvalue weighted by molar-refractivity contribution is 0.935. The quantitative estimate of drug-likeness (QED) is 0.801. The summed E-state index contributed by atoms with van der Waals surface area (Å²) in [7, 11) is 0. The van der Waals surface area contributed by atoms with Gasteiger partial charge in [0.05, 0.1) is 18.4 Å². The van der Waals surface area contributed by atoms with Crippen molar-refractivity contribution in [3.05, 3.63) is 40.4 Å². The van der Waals surface area contributed by atoms with Gasteiger partial charge in [-0.1, -0.05) is 6.92 Å². The highest BCUT2D eigenvalue weighted by molar-refractivity contribution is 7.15. The Kier molecular flexibility index (Phi) is 3.40. The van der Waals surface area contributed by atoms with Gasteiger partial charge in [0.2, 0.25) is 5.78 Å². The van der Waals surface area contributed by atoms with Gasteiger partial charge in [0.1, 0.15) is 0 Å². The number of thiazole rings is 1. The Bertz CT molecular complexity index is 743. The minimum absolute atomic E-state index is 0.698. The standard InChI is InChI=1S/C14H17N5S/c1-4-12-8-17-14(20-12)16-7-11-6-15-13-18-9(2)5-10(3)19(11)13/h5-6,8H,4,7H2,1-3H3,(H,16,17). The molecule has 6 heteroatoms. The highest BCUT2D eigenvalue weighted by Crippen LogP contribution is 2.19. The number of hydrogen-bond acceptors (Lipinski definition) is 5. The van der Waals surface area contributed by atoms with E-state index in [4.69, 9.17) is 0 Å². The third kappa shape index (κ3) is 2.38. The summed E-state index contributed by atoms with van der Waals surface area (Å²) in [5.41, 5.74) is 3.24. The van der Waals surface area contributed by atoms with E-state index in [9.17, 15) is 0 Å². The van der Waals surface area contributed by atoms with Crippen LogP contribution in [-0.4, -0.2) is 19.4 Å². The molecule has 3 heterocycles. The minimum Gasteiger partial charge on any atom is -0.356 e. The molecule has 0 amide bonds. The van der Waals surface area contributed by atoms with E-state index < -0.39 is 0 Å². The highest BCUT2D eigenvalue weighted by atomic mass is 32.1. The monoisotopic (exact) mass is 287 g/mol. The maximum absolute atomic E-state index is 4.44. The topological polar surface area (TPSA) is 55.1 Å². The fourth-order valence-electron chi connectivity index (χ4n) is 2.24. The number of rotatable bonds is 4. The average molecular weight is 287 g/mol. The van der Waals surface area contributed by atoms with Gasteiger partial charge in [0.15, 0.2) is 5.13 Å². The van der Waals surface area contributed by atoms with Crippen molar-refractivity contribution in [3.8, 4) is 0 Å². The maximum atomic E-state index is 4.44. The molecule has 0 saturated carbocycles. The van der Waals surface area contributed by atoms with Crippen LogP contribution in [0.5, 0.6) is 0 Å². The number of nitrogens with zero attached hydrogens (tertiary/aromatic N) is 4. The van der Waals surface area contributed by atoms with Gasteiger partial charge in [-0.2, -0.15) is 0 Å². The Morgan fingerprint density at radius 3 is 2.85 bits per heavy atom. The zero-order valence-electron chi connectivity index (χ0n) is 11.8. The molecule has 5 nitrogen and oxygen atoms in total. The van der Waals surface area contributed by atoms with Crippen LogP contribution in [0, 0.1) is 13.8 Å². The molecule has 20 heavy (non-hydrogen) atoms. The second kappa shape index (κ2) is 5.20. The molecule has 3 rings (SSSR count). The summed E-state index contributed by atoms with van der Waals surface area (Å²) in [5.74, 6) is 0.757. The minimum atomic E-state index is 0.698. The molecule has 3 aromatic heterocycles. The smallest absolute Gasteiger partial charge is 0.234 e. The lowest BCUT2D eigenvalue weighted by Gasteiger charge is -2.06. The van der Waals surface area contributed by atoms with Crippen molar-refractivity contribution in [2.24, 2.45) is 0 Å². The van der Waals surface area contributed by atoms with Gasteiger partial charge in [-0.25, -0.2) is 15.0 Å². The van der Waals surface area contributed by atoms with Crippen LogP contribution in [0.4, 0.5) is 5.13 Å². The molecule has 0 fully saturated rings. The summed E-state index contributed by atoms with van der Waals surface area (Å²) < 4.78 is 2.08. The first-order valence-electron chi connectivity index (χ1n) is 6.66. The van der Waals surface area contributed by atoms with E-state index in [2.05, 4.69) is 44.6 Å². The molecular weight excluding hydrogens is 270 g/mol. The molecule has 0 unspecified atom stereocenters. The zero-order valence-corrected chi connectivity index (χ0v) is 12.7. The number of nitrogens with one attached hydrogen (secondary N) is 1. The van der Waals surface area contributed by atoms with E-state index >= 15 is 0 Å². The van der Waals surface area contributed by atoms with E-state index in [1.807, 2.05) is 19.3 Å². The van der Waals surface area contributed by atoms with Gasteiger partial charge in [-0.15, -0.1) is 11.3 Å². The summed E-state index contributed by atoms with van der Waals surface area (Å²) in [5, 5.41) is 4.31. The Morgan fingerprint density at radius 1 is 1.25 bits per heavy atom. The molecule has 0 aliphatic rings. The van der Waals surface area contributed by atoms with Crippen LogP contribution in [0.3, 0.4) is 0 Å². The summed E-state index contributed by atoms with van der Waals surface area (Å²) in [6.07, 6.45) is 4.82. The molecule has 0 aliphatic heterocycles. The lowest BCUT2D eigenvalue weighted by Crippen LogP contribution is -2.05. The fourth-order valence-corrected chi connectivity index (χ4v) is 2.99. The predicted molar refractivity (Wildman–Crippen MR) is 81.3 cm³/mol. The Hall–Kier alpha value is -1.95. The van der Waals surface area contributed by atoms with Gasteiger partial charge >= 0.3 is 0 Å². The molecular formula is C14H17N5S. The van der Waals surface area contributed by atoms with E-state index in [1.165, 1.54) is 4.88 Å². The average Bonchev–Trinajstić information content (AvgIpc) is 3.02. The Balaban J connectivity index is 1.84. The largest absolute Gasteiger partial charge is 0.356 e. The van der Waals surface area contributed by atoms with Gasteiger partial charge in [-0.3, -0.25) is 4.40 Å². The normalized spacial score (nSPS) is 11.2. The third-order valence-electron chi connectivity index (χ3n) is 3.19. The fraction of sp³-hybridized carbons (Fsp3) is 0.357. The van der Waals surface area contributed by atoms with E-state index in [0.717, 1.165) is 34.4 Å².